The van der Waals surface area contributed by atoms with Gasteiger partial charge in [0.25, 0.3) is 11.5 Å². The molecule has 0 spiro atoms. The maximum Gasteiger partial charge on any atom is 0.275 e. The van der Waals surface area contributed by atoms with E-state index in [-0.39, 0.29) is 17.8 Å². The van der Waals surface area contributed by atoms with Crippen molar-refractivity contribution in [1.82, 2.24) is 14.0 Å². The molecule has 1 amide bonds. The normalized spacial score (nSPS) is 11.2. The topological polar surface area (TPSA) is 68.4 Å². The Morgan fingerprint density at radius 1 is 1.00 bits per heavy atom. The fraction of sp³-hybridized carbons (Fsp3) is 0.0417. The molecule has 8 heteroatoms. The number of para-hydroxylation sites is 1. The lowest BCUT2D eigenvalue weighted by atomic mass is 10.2. The summed E-state index contributed by atoms with van der Waals surface area (Å²) in [4.78, 5) is 30.6. The average molecular weight is 447 g/mol. The maximum atomic E-state index is 13.3. The van der Waals surface area contributed by atoms with Gasteiger partial charge in [0, 0.05) is 16.9 Å². The number of carbonyl (C=O) groups excluding carboxylic acids is 1. The Morgan fingerprint density at radius 2 is 1.72 bits per heavy atom. The van der Waals surface area contributed by atoms with E-state index >= 15 is 0 Å². The van der Waals surface area contributed by atoms with Gasteiger partial charge in [0.15, 0.2) is 0 Å². The summed E-state index contributed by atoms with van der Waals surface area (Å²) in [7, 11) is 0. The third kappa shape index (κ3) is 3.52. The van der Waals surface area contributed by atoms with Crippen LogP contribution in [0, 0.1) is 5.82 Å². The Bertz CT molecular complexity index is 1540. The van der Waals surface area contributed by atoms with Crippen LogP contribution >= 0.6 is 11.6 Å². The minimum Gasteiger partial charge on any atom is -0.321 e. The molecule has 0 fully saturated rings. The highest BCUT2D eigenvalue weighted by Gasteiger charge is 2.18. The van der Waals surface area contributed by atoms with Gasteiger partial charge in [-0.25, -0.2) is 9.37 Å². The summed E-state index contributed by atoms with van der Waals surface area (Å²) in [6, 6.07) is 19.8. The number of rotatable bonds is 4. The number of hydrogen-bond donors (Lipinski definition) is 1. The number of halogens is 2. The molecule has 0 radical (unpaired) electrons. The van der Waals surface area contributed by atoms with E-state index in [9.17, 15) is 14.0 Å². The molecular formula is C24H16ClFN4O2. The summed E-state index contributed by atoms with van der Waals surface area (Å²) in [6.45, 7) is 0.197. The molecule has 2 heterocycles. The highest BCUT2D eigenvalue weighted by molar-refractivity contribution is 6.31. The minimum absolute atomic E-state index is 0.123. The van der Waals surface area contributed by atoms with Gasteiger partial charge in [-0.15, -0.1) is 0 Å². The lowest BCUT2D eigenvalue weighted by Gasteiger charge is -2.11. The molecule has 0 aliphatic heterocycles. The monoisotopic (exact) mass is 446 g/mol. The quantitative estimate of drug-likeness (QED) is 0.433. The third-order valence-corrected chi connectivity index (χ3v) is 5.56. The second kappa shape index (κ2) is 7.94. The summed E-state index contributed by atoms with van der Waals surface area (Å²) in [6.07, 6.45) is 1.58. The number of carbonyl (C=O) groups is 1. The highest BCUT2D eigenvalue weighted by atomic mass is 35.5. The standard InChI is InChI=1S/C24H16ClFN4O2/c25-19-7-3-1-5-15(19)13-30-23(32)18-6-2-4-8-21(18)29-14-20(28-24(29)30)22(31)27-17-11-9-16(26)10-12-17/h1-12,14H,13H2,(H,27,31). The first-order valence-corrected chi connectivity index (χ1v) is 10.2. The molecule has 0 saturated heterocycles. The molecule has 3 aromatic carbocycles. The lowest BCUT2D eigenvalue weighted by Crippen LogP contribution is -2.24. The zero-order valence-electron chi connectivity index (χ0n) is 16.6. The van der Waals surface area contributed by atoms with Gasteiger partial charge in [0.05, 0.1) is 17.4 Å². The molecule has 158 valence electrons. The molecule has 0 aliphatic rings. The first-order chi connectivity index (χ1) is 15.5. The molecule has 0 aliphatic carbocycles. The Labute approximate surface area is 186 Å². The second-order valence-corrected chi connectivity index (χ2v) is 7.66. The summed E-state index contributed by atoms with van der Waals surface area (Å²) in [5.41, 5.74) is 1.72. The van der Waals surface area contributed by atoms with Crippen molar-refractivity contribution in [2.75, 3.05) is 5.32 Å². The highest BCUT2D eigenvalue weighted by Crippen LogP contribution is 2.20. The summed E-state index contributed by atoms with van der Waals surface area (Å²) >= 11 is 6.32. The second-order valence-electron chi connectivity index (χ2n) is 7.26. The first kappa shape index (κ1) is 20.0. The van der Waals surface area contributed by atoms with E-state index < -0.39 is 11.7 Å². The Balaban J connectivity index is 1.65. The van der Waals surface area contributed by atoms with Crippen LogP contribution in [0.15, 0.2) is 83.8 Å². The van der Waals surface area contributed by atoms with Crippen LogP contribution in [0.5, 0.6) is 0 Å². The summed E-state index contributed by atoms with van der Waals surface area (Å²) < 4.78 is 16.4. The zero-order chi connectivity index (χ0) is 22.2. The first-order valence-electron chi connectivity index (χ1n) is 9.82. The molecule has 5 aromatic rings. The number of nitrogens with zero attached hydrogens (tertiary/aromatic N) is 3. The van der Waals surface area contributed by atoms with Gasteiger partial charge in [-0.05, 0) is 48.0 Å². The molecule has 0 bridgehead atoms. The van der Waals surface area contributed by atoms with Crippen molar-refractivity contribution < 1.29 is 9.18 Å². The van der Waals surface area contributed by atoms with E-state index in [2.05, 4.69) is 10.3 Å². The maximum absolute atomic E-state index is 13.3. The number of imidazole rings is 1. The van der Waals surface area contributed by atoms with Crippen molar-refractivity contribution in [3.05, 3.63) is 111 Å². The SMILES string of the molecule is O=C(Nc1ccc(F)cc1)c1cn2c3ccccc3c(=O)n(Cc3ccccc3Cl)c2n1. The number of hydrogen-bond acceptors (Lipinski definition) is 3. The van der Waals surface area contributed by atoms with Crippen molar-refractivity contribution in [3.63, 3.8) is 0 Å². The lowest BCUT2D eigenvalue weighted by molar-refractivity contribution is 0.102. The van der Waals surface area contributed by atoms with E-state index in [4.69, 9.17) is 11.6 Å². The van der Waals surface area contributed by atoms with Gasteiger partial charge in [-0.2, -0.15) is 0 Å². The van der Waals surface area contributed by atoms with Crippen LogP contribution in [0.25, 0.3) is 16.7 Å². The predicted molar refractivity (Wildman–Crippen MR) is 122 cm³/mol. The molecule has 1 N–H and O–H groups in total. The number of nitrogens with one attached hydrogen (secondary N) is 1. The number of anilines is 1. The summed E-state index contributed by atoms with van der Waals surface area (Å²) in [5, 5.41) is 3.73. The predicted octanol–water partition coefficient (Wildman–Crippen LogP) is 4.74. The zero-order valence-corrected chi connectivity index (χ0v) is 17.4. The number of fused-ring (bicyclic) bond motifs is 3. The van der Waals surface area contributed by atoms with Crippen LogP contribution in [-0.2, 0) is 6.54 Å². The largest absolute Gasteiger partial charge is 0.321 e. The fourth-order valence-corrected chi connectivity index (χ4v) is 3.81. The molecule has 32 heavy (non-hydrogen) atoms. The molecule has 0 atom stereocenters. The van der Waals surface area contributed by atoms with Crippen LogP contribution in [0.3, 0.4) is 0 Å². The molecular weight excluding hydrogens is 431 g/mol. The van der Waals surface area contributed by atoms with E-state index in [1.807, 2.05) is 24.3 Å². The van der Waals surface area contributed by atoms with Crippen molar-refractivity contribution in [1.29, 1.82) is 0 Å². The van der Waals surface area contributed by atoms with E-state index in [0.717, 1.165) is 5.56 Å². The molecule has 0 unspecified atom stereocenters. The Kier molecular flexibility index (Phi) is 4.95. The van der Waals surface area contributed by atoms with Crippen molar-refractivity contribution in [2.24, 2.45) is 0 Å². The minimum atomic E-state index is -0.471. The van der Waals surface area contributed by atoms with Crippen LogP contribution in [0.1, 0.15) is 16.1 Å². The van der Waals surface area contributed by atoms with Crippen LogP contribution in [0.4, 0.5) is 10.1 Å². The van der Waals surface area contributed by atoms with E-state index in [1.165, 1.54) is 28.8 Å². The van der Waals surface area contributed by atoms with Gasteiger partial charge >= 0.3 is 0 Å². The molecule has 0 saturated carbocycles. The Hall–Kier alpha value is -3.97. The van der Waals surface area contributed by atoms with Gasteiger partial charge in [0.2, 0.25) is 5.78 Å². The third-order valence-electron chi connectivity index (χ3n) is 5.19. The number of aromatic nitrogens is 3. The fourth-order valence-electron chi connectivity index (χ4n) is 3.62. The molecule has 6 nitrogen and oxygen atoms in total. The molecule has 2 aromatic heterocycles. The molecule has 5 rings (SSSR count). The van der Waals surface area contributed by atoms with Crippen molar-refractivity contribution in [2.45, 2.75) is 6.54 Å². The van der Waals surface area contributed by atoms with Gasteiger partial charge in [-0.1, -0.05) is 41.9 Å². The van der Waals surface area contributed by atoms with Gasteiger partial charge in [0.1, 0.15) is 11.5 Å². The summed E-state index contributed by atoms with van der Waals surface area (Å²) in [5.74, 6) is -0.551. The van der Waals surface area contributed by atoms with Crippen LogP contribution in [0.2, 0.25) is 5.02 Å². The van der Waals surface area contributed by atoms with Gasteiger partial charge < -0.3 is 5.32 Å². The van der Waals surface area contributed by atoms with Gasteiger partial charge in [-0.3, -0.25) is 18.6 Å². The van der Waals surface area contributed by atoms with Crippen LogP contribution < -0.4 is 10.9 Å². The van der Waals surface area contributed by atoms with E-state index in [0.29, 0.717) is 27.4 Å². The number of benzene rings is 3. The van der Waals surface area contributed by atoms with Crippen molar-refractivity contribution >= 4 is 39.9 Å². The average Bonchev–Trinajstić information content (AvgIpc) is 3.25. The number of amides is 1. The van der Waals surface area contributed by atoms with Crippen molar-refractivity contribution in [3.8, 4) is 0 Å². The van der Waals surface area contributed by atoms with E-state index in [1.54, 1.807) is 34.9 Å². The Morgan fingerprint density at radius 3 is 2.50 bits per heavy atom. The van der Waals surface area contributed by atoms with Crippen LogP contribution in [-0.4, -0.2) is 19.9 Å². The smallest absolute Gasteiger partial charge is 0.275 e.